The molecule has 1 aliphatic rings. The van der Waals surface area contributed by atoms with Crippen LogP contribution in [0.5, 0.6) is 0 Å². The number of fused-ring (bicyclic) bond motifs is 1. The molecule has 3 N–H and O–H groups in total. The summed E-state index contributed by atoms with van der Waals surface area (Å²) in [5.41, 5.74) is 4.71. The first-order chi connectivity index (χ1) is 12.7. The van der Waals surface area contributed by atoms with Gasteiger partial charge in [0, 0.05) is 29.9 Å². The summed E-state index contributed by atoms with van der Waals surface area (Å²) in [6.07, 6.45) is 6.85. The van der Waals surface area contributed by atoms with E-state index in [2.05, 4.69) is 34.6 Å². The Hall–Kier alpha value is -2.34. The zero-order valence-electron chi connectivity index (χ0n) is 15.4. The van der Waals surface area contributed by atoms with Crippen LogP contribution in [0.2, 0.25) is 0 Å². The topological polar surface area (TPSA) is 81.2 Å². The molecule has 6 nitrogen and oxygen atoms in total. The predicted molar refractivity (Wildman–Crippen MR) is 102 cm³/mol. The lowest BCUT2D eigenvalue weighted by Gasteiger charge is -2.27. The molecule has 0 fully saturated rings. The first-order valence-electron chi connectivity index (χ1n) is 9.52. The first-order valence-corrected chi connectivity index (χ1v) is 9.52. The highest BCUT2D eigenvalue weighted by Gasteiger charge is 2.24. The van der Waals surface area contributed by atoms with Gasteiger partial charge in [-0.2, -0.15) is 5.10 Å². The molecule has 1 aromatic carbocycles. The van der Waals surface area contributed by atoms with Crippen molar-refractivity contribution in [3.05, 3.63) is 46.8 Å². The van der Waals surface area contributed by atoms with Crippen molar-refractivity contribution in [1.29, 1.82) is 0 Å². The Morgan fingerprint density at radius 2 is 2.08 bits per heavy atom. The summed E-state index contributed by atoms with van der Waals surface area (Å²) in [5, 5.41) is 19.4. The molecule has 0 atom stereocenters. The van der Waals surface area contributed by atoms with Gasteiger partial charge in [-0.15, -0.1) is 0 Å². The number of rotatable bonds is 7. The average molecular weight is 356 g/mol. The Balaban J connectivity index is 1.53. The number of H-pyrrole nitrogens is 1. The Morgan fingerprint density at radius 3 is 2.81 bits per heavy atom. The zero-order valence-corrected chi connectivity index (χ0v) is 15.4. The molecule has 0 bridgehead atoms. The lowest BCUT2D eigenvalue weighted by molar-refractivity contribution is 0.205. The molecule has 0 radical (unpaired) electrons. The number of aliphatic hydroxyl groups is 1. The van der Waals surface area contributed by atoms with Crippen LogP contribution in [0.1, 0.15) is 55.1 Å². The molecule has 1 aliphatic heterocycles. The molecule has 0 spiro atoms. The van der Waals surface area contributed by atoms with Crippen molar-refractivity contribution >= 4 is 11.7 Å². The fourth-order valence-corrected chi connectivity index (χ4v) is 3.37. The van der Waals surface area contributed by atoms with Crippen LogP contribution < -0.4 is 5.32 Å². The molecule has 0 aliphatic carbocycles. The van der Waals surface area contributed by atoms with E-state index in [4.69, 9.17) is 0 Å². The number of amides is 2. The van der Waals surface area contributed by atoms with Gasteiger partial charge in [0.05, 0.1) is 18.8 Å². The molecule has 2 amide bonds. The summed E-state index contributed by atoms with van der Waals surface area (Å²) in [5.74, 6) is 0. The zero-order chi connectivity index (χ0) is 18.4. The monoisotopic (exact) mass is 356 g/mol. The second-order valence-corrected chi connectivity index (χ2v) is 6.89. The normalized spacial score (nSPS) is 13.5. The van der Waals surface area contributed by atoms with E-state index in [0.717, 1.165) is 29.8 Å². The van der Waals surface area contributed by atoms with Gasteiger partial charge in [-0.3, -0.25) is 5.10 Å². The number of hydrogen-bond donors (Lipinski definition) is 3. The van der Waals surface area contributed by atoms with Crippen molar-refractivity contribution < 1.29 is 9.90 Å². The second kappa shape index (κ2) is 8.85. The molecule has 3 rings (SSSR count). The summed E-state index contributed by atoms with van der Waals surface area (Å²) >= 11 is 0. The van der Waals surface area contributed by atoms with E-state index in [1.807, 2.05) is 12.1 Å². The van der Waals surface area contributed by atoms with E-state index in [-0.39, 0.29) is 12.6 Å². The molecule has 2 aromatic rings. The summed E-state index contributed by atoms with van der Waals surface area (Å²) < 4.78 is 0. The molecule has 0 unspecified atom stereocenters. The fourth-order valence-electron chi connectivity index (χ4n) is 3.37. The number of carbonyl (C=O) groups is 1. The maximum atomic E-state index is 12.5. The molecule has 26 heavy (non-hydrogen) atoms. The van der Waals surface area contributed by atoms with Gasteiger partial charge >= 0.3 is 6.03 Å². The second-order valence-electron chi connectivity index (χ2n) is 6.89. The summed E-state index contributed by atoms with van der Waals surface area (Å²) in [6, 6.07) is 8.02. The molecular weight excluding hydrogens is 328 g/mol. The third kappa shape index (κ3) is 4.43. The van der Waals surface area contributed by atoms with E-state index in [0.29, 0.717) is 18.8 Å². The Bertz CT molecular complexity index is 710. The van der Waals surface area contributed by atoms with Gasteiger partial charge < -0.3 is 15.3 Å². The minimum absolute atomic E-state index is 0.110. The van der Waals surface area contributed by atoms with E-state index >= 15 is 0 Å². The number of urea groups is 1. The van der Waals surface area contributed by atoms with Gasteiger partial charge in [-0.05, 0) is 30.5 Å². The van der Waals surface area contributed by atoms with Gasteiger partial charge in [-0.25, -0.2) is 4.79 Å². The highest BCUT2D eigenvalue weighted by Crippen LogP contribution is 2.21. The van der Waals surface area contributed by atoms with Crippen LogP contribution in [-0.2, 0) is 26.0 Å². The Kier molecular flexibility index (Phi) is 6.28. The van der Waals surface area contributed by atoms with Crippen LogP contribution in [0.4, 0.5) is 10.5 Å². The van der Waals surface area contributed by atoms with Crippen molar-refractivity contribution in [3.8, 4) is 0 Å². The van der Waals surface area contributed by atoms with Crippen LogP contribution in [-0.4, -0.2) is 32.8 Å². The van der Waals surface area contributed by atoms with Crippen molar-refractivity contribution in [3.63, 3.8) is 0 Å². The van der Waals surface area contributed by atoms with Gasteiger partial charge in [0.1, 0.15) is 0 Å². The highest BCUT2D eigenvalue weighted by atomic mass is 16.3. The molecule has 1 aromatic heterocycles. The maximum absolute atomic E-state index is 12.5. The van der Waals surface area contributed by atoms with Crippen molar-refractivity contribution in [2.45, 2.75) is 58.6 Å². The van der Waals surface area contributed by atoms with Crippen molar-refractivity contribution in [2.24, 2.45) is 0 Å². The Labute approximate surface area is 154 Å². The average Bonchev–Trinajstić information content (AvgIpc) is 3.09. The van der Waals surface area contributed by atoms with Crippen LogP contribution in [0.25, 0.3) is 0 Å². The number of benzene rings is 1. The lowest BCUT2D eigenvalue weighted by atomic mass is 10.1. The number of aryl methyl sites for hydroxylation is 1. The first kappa shape index (κ1) is 18.5. The van der Waals surface area contributed by atoms with E-state index in [1.54, 1.807) is 4.90 Å². The number of carbonyl (C=O) groups excluding carboxylic acids is 1. The van der Waals surface area contributed by atoms with Crippen molar-refractivity contribution in [2.75, 3.05) is 11.9 Å². The van der Waals surface area contributed by atoms with Crippen LogP contribution in [0.3, 0.4) is 0 Å². The van der Waals surface area contributed by atoms with Crippen molar-refractivity contribution in [1.82, 2.24) is 15.1 Å². The van der Waals surface area contributed by atoms with E-state index < -0.39 is 0 Å². The van der Waals surface area contributed by atoms with Gasteiger partial charge in [0.25, 0.3) is 0 Å². The van der Waals surface area contributed by atoms with Crippen LogP contribution in [0.15, 0.2) is 24.3 Å². The SMILES string of the molecule is CCCCCCc1ccc(NC(=O)N2CCc3[nH]nc(CO)c3C2)cc1. The highest BCUT2D eigenvalue weighted by molar-refractivity contribution is 5.89. The van der Waals surface area contributed by atoms with Gasteiger partial charge in [0.2, 0.25) is 0 Å². The third-order valence-electron chi connectivity index (χ3n) is 4.98. The van der Waals surface area contributed by atoms with E-state index in [1.165, 1.54) is 31.2 Å². The van der Waals surface area contributed by atoms with Crippen LogP contribution in [0, 0.1) is 0 Å². The van der Waals surface area contributed by atoms with E-state index in [9.17, 15) is 9.90 Å². The molecule has 2 heterocycles. The molecule has 140 valence electrons. The standard InChI is InChI=1S/C20H28N4O2/c1-2-3-4-5-6-15-7-9-16(10-8-15)21-20(26)24-12-11-18-17(13-24)19(14-25)23-22-18/h7-10,25H,2-6,11-14H2,1H3,(H,21,26)(H,22,23). The number of nitrogens with one attached hydrogen (secondary N) is 2. The molecule has 0 saturated heterocycles. The number of anilines is 1. The maximum Gasteiger partial charge on any atom is 0.322 e. The van der Waals surface area contributed by atoms with Crippen LogP contribution >= 0.6 is 0 Å². The molecule has 0 saturated carbocycles. The lowest BCUT2D eigenvalue weighted by Crippen LogP contribution is -2.39. The number of hydrogen-bond acceptors (Lipinski definition) is 3. The summed E-state index contributed by atoms with van der Waals surface area (Å²) in [7, 11) is 0. The summed E-state index contributed by atoms with van der Waals surface area (Å²) in [6.45, 7) is 3.23. The molecule has 6 heteroatoms. The Morgan fingerprint density at radius 1 is 1.27 bits per heavy atom. The molecular formula is C20H28N4O2. The minimum atomic E-state index is -0.114. The minimum Gasteiger partial charge on any atom is -0.390 e. The number of nitrogens with zero attached hydrogens (tertiary/aromatic N) is 2. The largest absolute Gasteiger partial charge is 0.390 e. The number of unbranched alkanes of at least 4 members (excludes halogenated alkanes) is 3. The number of aromatic nitrogens is 2. The number of aliphatic hydroxyl groups excluding tert-OH is 1. The quantitative estimate of drug-likeness (QED) is 0.663. The third-order valence-corrected chi connectivity index (χ3v) is 4.98. The predicted octanol–water partition coefficient (Wildman–Crippen LogP) is 3.62. The number of aromatic amines is 1. The summed E-state index contributed by atoms with van der Waals surface area (Å²) in [4.78, 5) is 14.3. The van der Waals surface area contributed by atoms with Gasteiger partial charge in [-0.1, -0.05) is 38.3 Å². The van der Waals surface area contributed by atoms with Gasteiger partial charge in [0.15, 0.2) is 0 Å². The smallest absolute Gasteiger partial charge is 0.322 e. The fraction of sp³-hybridized carbons (Fsp3) is 0.500.